The maximum atomic E-state index is 12.3. The molecule has 1 heterocycles. The van der Waals surface area contributed by atoms with Crippen LogP contribution in [0.15, 0.2) is 71.2 Å². The van der Waals surface area contributed by atoms with Crippen LogP contribution in [0.5, 0.6) is 0 Å². The number of carbonyl (C=O) groups excluding carboxylic acids is 1. The van der Waals surface area contributed by atoms with E-state index in [-0.39, 0.29) is 5.91 Å². The van der Waals surface area contributed by atoms with Gasteiger partial charge < -0.3 is 9.73 Å². The van der Waals surface area contributed by atoms with Crippen LogP contribution in [-0.2, 0) is 4.79 Å². The molecule has 27 heavy (non-hydrogen) atoms. The fourth-order valence-electron chi connectivity index (χ4n) is 2.80. The van der Waals surface area contributed by atoms with Crippen molar-refractivity contribution in [3.8, 4) is 11.3 Å². The Bertz CT molecular complexity index is 941. The van der Waals surface area contributed by atoms with E-state index in [9.17, 15) is 4.79 Å². The first-order chi connectivity index (χ1) is 13.1. The number of rotatable bonds is 6. The van der Waals surface area contributed by atoms with Gasteiger partial charge in [-0.15, -0.1) is 0 Å². The van der Waals surface area contributed by atoms with E-state index in [2.05, 4.69) is 25.2 Å². The second-order valence-electron chi connectivity index (χ2n) is 6.43. The first-order valence-electron chi connectivity index (χ1n) is 9.00. The zero-order valence-corrected chi connectivity index (χ0v) is 16.2. The number of carbonyl (C=O) groups is 1. The van der Waals surface area contributed by atoms with Gasteiger partial charge in [-0.05, 0) is 66.4 Å². The molecule has 0 aliphatic rings. The minimum Gasteiger partial charge on any atom is -0.457 e. The van der Waals surface area contributed by atoms with Crippen LogP contribution in [0, 0.1) is 0 Å². The van der Waals surface area contributed by atoms with E-state index in [4.69, 9.17) is 16.0 Å². The number of anilines is 1. The molecule has 0 saturated heterocycles. The van der Waals surface area contributed by atoms with E-state index in [1.165, 1.54) is 6.08 Å². The Morgan fingerprint density at radius 1 is 1.11 bits per heavy atom. The summed E-state index contributed by atoms with van der Waals surface area (Å²) >= 11 is 5.91. The normalized spacial score (nSPS) is 12.3. The molecule has 3 nitrogen and oxygen atoms in total. The van der Waals surface area contributed by atoms with E-state index in [0.29, 0.717) is 16.7 Å². The van der Waals surface area contributed by atoms with Crippen molar-refractivity contribution in [1.82, 2.24) is 0 Å². The molecule has 0 saturated carbocycles. The number of para-hydroxylation sites is 1. The predicted octanol–water partition coefficient (Wildman–Crippen LogP) is 6.77. The largest absolute Gasteiger partial charge is 0.457 e. The van der Waals surface area contributed by atoms with Crippen LogP contribution in [0.2, 0.25) is 5.02 Å². The average Bonchev–Trinajstić information content (AvgIpc) is 3.16. The van der Waals surface area contributed by atoms with E-state index < -0.39 is 0 Å². The zero-order valence-electron chi connectivity index (χ0n) is 15.4. The standard InChI is InChI=1S/C23H22ClNO2/c1-3-16(2)20-6-4-5-7-21(20)25-23(26)15-13-19-12-14-22(27-19)17-8-10-18(24)11-9-17/h4-16H,3H2,1-2H3,(H,25,26). The van der Waals surface area contributed by atoms with Crippen LogP contribution in [0.4, 0.5) is 5.69 Å². The molecular weight excluding hydrogens is 358 g/mol. The molecular formula is C23H22ClNO2. The third-order valence-corrected chi connectivity index (χ3v) is 4.77. The molecule has 0 fully saturated rings. The summed E-state index contributed by atoms with van der Waals surface area (Å²) in [5, 5.41) is 3.64. The quantitative estimate of drug-likeness (QED) is 0.480. The van der Waals surface area contributed by atoms with Gasteiger partial charge in [0.25, 0.3) is 0 Å². The molecule has 0 bridgehead atoms. The third-order valence-electron chi connectivity index (χ3n) is 4.52. The van der Waals surface area contributed by atoms with Crippen molar-refractivity contribution in [1.29, 1.82) is 0 Å². The van der Waals surface area contributed by atoms with Crippen molar-refractivity contribution in [2.75, 3.05) is 5.32 Å². The number of hydrogen-bond donors (Lipinski definition) is 1. The van der Waals surface area contributed by atoms with Crippen molar-refractivity contribution < 1.29 is 9.21 Å². The predicted molar refractivity (Wildman–Crippen MR) is 112 cm³/mol. The van der Waals surface area contributed by atoms with Gasteiger partial charge in [0.05, 0.1) is 0 Å². The minimum atomic E-state index is -0.185. The maximum Gasteiger partial charge on any atom is 0.248 e. The third kappa shape index (κ3) is 4.89. The lowest BCUT2D eigenvalue weighted by Crippen LogP contribution is -2.10. The van der Waals surface area contributed by atoms with Gasteiger partial charge in [0.1, 0.15) is 11.5 Å². The van der Waals surface area contributed by atoms with Crippen LogP contribution in [-0.4, -0.2) is 5.91 Å². The van der Waals surface area contributed by atoms with Gasteiger partial charge in [-0.3, -0.25) is 4.79 Å². The number of nitrogens with one attached hydrogen (secondary N) is 1. The SMILES string of the molecule is CCC(C)c1ccccc1NC(=O)C=Cc1ccc(-c2ccc(Cl)cc2)o1. The van der Waals surface area contributed by atoms with Gasteiger partial charge in [0.15, 0.2) is 0 Å². The van der Waals surface area contributed by atoms with Crippen LogP contribution in [0.25, 0.3) is 17.4 Å². The number of amides is 1. The number of benzene rings is 2. The highest BCUT2D eigenvalue weighted by Crippen LogP contribution is 2.27. The topological polar surface area (TPSA) is 42.2 Å². The molecule has 0 aliphatic carbocycles. The van der Waals surface area contributed by atoms with Crippen LogP contribution in [0.1, 0.15) is 37.5 Å². The monoisotopic (exact) mass is 379 g/mol. The summed E-state index contributed by atoms with van der Waals surface area (Å²) in [7, 11) is 0. The molecule has 3 aromatic rings. The molecule has 1 N–H and O–H groups in total. The molecule has 0 spiro atoms. The zero-order chi connectivity index (χ0) is 19.2. The van der Waals surface area contributed by atoms with Gasteiger partial charge in [-0.2, -0.15) is 0 Å². The molecule has 3 rings (SSSR count). The molecule has 0 aliphatic heterocycles. The van der Waals surface area contributed by atoms with Crippen LogP contribution < -0.4 is 5.32 Å². The summed E-state index contributed by atoms with van der Waals surface area (Å²) in [5.41, 5.74) is 2.93. The van der Waals surface area contributed by atoms with Gasteiger partial charge in [0, 0.05) is 22.3 Å². The lowest BCUT2D eigenvalue weighted by molar-refractivity contribution is -0.111. The number of hydrogen-bond acceptors (Lipinski definition) is 2. The average molecular weight is 380 g/mol. The lowest BCUT2D eigenvalue weighted by atomic mass is 9.97. The van der Waals surface area contributed by atoms with Gasteiger partial charge >= 0.3 is 0 Å². The lowest BCUT2D eigenvalue weighted by Gasteiger charge is -2.14. The second-order valence-corrected chi connectivity index (χ2v) is 6.86. The van der Waals surface area contributed by atoms with E-state index >= 15 is 0 Å². The minimum absolute atomic E-state index is 0.185. The molecule has 4 heteroatoms. The fraction of sp³-hybridized carbons (Fsp3) is 0.174. The molecule has 138 valence electrons. The Balaban J connectivity index is 1.68. The molecule has 1 aromatic heterocycles. The summed E-state index contributed by atoms with van der Waals surface area (Å²) < 4.78 is 5.78. The fourth-order valence-corrected chi connectivity index (χ4v) is 2.93. The first kappa shape index (κ1) is 19.0. The first-order valence-corrected chi connectivity index (χ1v) is 9.38. The second kappa shape index (κ2) is 8.74. The van der Waals surface area contributed by atoms with Crippen molar-refractivity contribution in [2.24, 2.45) is 0 Å². The van der Waals surface area contributed by atoms with Gasteiger partial charge in [-0.25, -0.2) is 0 Å². The summed E-state index contributed by atoms with van der Waals surface area (Å²) in [6.45, 7) is 4.29. The summed E-state index contributed by atoms with van der Waals surface area (Å²) in [6, 6.07) is 19.0. The Morgan fingerprint density at radius 3 is 2.59 bits per heavy atom. The Morgan fingerprint density at radius 2 is 1.85 bits per heavy atom. The number of halogens is 1. The van der Waals surface area contributed by atoms with Gasteiger partial charge in [0.2, 0.25) is 5.91 Å². The van der Waals surface area contributed by atoms with Gasteiger partial charge in [-0.1, -0.05) is 43.6 Å². The van der Waals surface area contributed by atoms with Crippen molar-refractivity contribution in [2.45, 2.75) is 26.2 Å². The molecule has 0 radical (unpaired) electrons. The van der Waals surface area contributed by atoms with Crippen LogP contribution in [0.3, 0.4) is 0 Å². The molecule has 2 aromatic carbocycles. The van der Waals surface area contributed by atoms with Crippen molar-refractivity contribution >= 4 is 29.3 Å². The highest BCUT2D eigenvalue weighted by Gasteiger charge is 2.10. The summed E-state index contributed by atoms with van der Waals surface area (Å²) in [4.78, 5) is 12.3. The Hall–Kier alpha value is -2.78. The Labute approximate surface area is 164 Å². The molecule has 1 amide bonds. The summed E-state index contributed by atoms with van der Waals surface area (Å²) in [6.07, 6.45) is 4.17. The molecule has 1 unspecified atom stereocenters. The van der Waals surface area contributed by atoms with E-state index in [1.807, 2.05) is 54.6 Å². The van der Waals surface area contributed by atoms with Crippen LogP contribution >= 0.6 is 11.6 Å². The molecule has 1 atom stereocenters. The smallest absolute Gasteiger partial charge is 0.248 e. The highest BCUT2D eigenvalue weighted by atomic mass is 35.5. The Kier molecular flexibility index (Phi) is 6.15. The maximum absolute atomic E-state index is 12.3. The van der Waals surface area contributed by atoms with Crippen molar-refractivity contribution in [3.05, 3.63) is 83.1 Å². The van der Waals surface area contributed by atoms with E-state index in [0.717, 1.165) is 29.0 Å². The van der Waals surface area contributed by atoms with Crippen molar-refractivity contribution in [3.63, 3.8) is 0 Å². The highest BCUT2D eigenvalue weighted by molar-refractivity contribution is 6.30. The summed E-state index contributed by atoms with van der Waals surface area (Å²) in [5.74, 6) is 1.55. The number of furan rings is 1. The van der Waals surface area contributed by atoms with E-state index in [1.54, 1.807) is 6.08 Å².